The first-order valence-electron chi connectivity index (χ1n) is 7.66. The van der Waals surface area contributed by atoms with Gasteiger partial charge in [0.1, 0.15) is 5.69 Å². The smallest absolute Gasteiger partial charge is 0.202 e. The minimum absolute atomic E-state index is 0.100. The molecule has 0 spiro atoms. The molecule has 1 aliphatic rings. The van der Waals surface area contributed by atoms with E-state index < -0.39 is 5.54 Å². The number of carbonyl (C=O) groups is 1. The van der Waals surface area contributed by atoms with Gasteiger partial charge in [-0.3, -0.25) is 9.48 Å². The van der Waals surface area contributed by atoms with Crippen LogP contribution < -0.4 is 5.32 Å². The van der Waals surface area contributed by atoms with Gasteiger partial charge in [0.05, 0.1) is 23.3 Å². The third-order valence-electron chi connectivity index (χ3n) is 4.12. The van der Waals surface area contributed by atoms with Crippen LogP contribution in [0.3, 0.4) is 0 Å². The molecular formula is C15H25ClN4O. The summed E-state index contributed by atoms with van der Waals surface area (Å²) in [5.41, 5.74) is 0.107. The molecule has 1 unspecified atom stereocenters. The highest BCUT2D eigenvalue weighted by molar-refractivity contribution is 6.34. The van der Waals surface area contributed by atoms with Crippen molar-refractivity contribution in [1.29, 1.82) is 0 Å². The van der Waals surface area contributed by atoms with E-state index in [-0.39, 0.29) is 5.78 Å². The molecule has 1 saturated heterocycles. The lowest BCUT2D eigenvalue weighted by Crippen LogP contribution is -2.48. The first-order chi connectivity index (χ1) is 10.00. The van der Waals surface area contributed by atoms with E-state index in [1.165, 1.54) is 0 Å². The van der Waals surface area contributed by atoms with Crippen LogP contribution in [-0.4, -0.2) is 53.2 Å². The first-order valence-corrected chi connectivity index (χ1v) is 8.04. The van der Waals surface area contributed by atoms with Crippen LogP contribution in [-0.2, 0) is 6.54 Å². The lowest BCUT2D eigenvalue weighted by Gasteiger charge is -2.28. The summed E-state index contributed by atoms with van der Waals surface area (Å²) < 4.78 is 1.75. The highest BCUT2D eigenvalue weighted by Crippen LogP contribution is 2.31. The predicted octanol–water partition coefficient (Wildman–Crippen LogP) is 2.20. The standard InChI is InChI=1S/C15H25ClN4O/c1-4-6-15(7-5-8-17-15)14(21)13-12(16)11-18-20(13)10-9-19(2)3/h11,17H,4-10H2,1-3H3. The zero-order valence-corrected chi connectivity index (χ0v) is 13.9. The quantitative estimate of drug-likeness (QED) is 0.784. The summed E-state index contributed by atoms with van der Waals surface area (Å²) in [5.74, 6) is 0.100. The highest BCUT2D eigenvalue weighted by atomic mass is 35.5. The van der Waals surface area contributed by atoms with E-state index in [0.717, 1.165) is 38.8 Å². The van der Waals surface area contributed by atoms with Crippen LogP contribution in [0.5, 0.6) is 0 Å². The van der Waals surface area contributed by atoms with Crippen molar-refractivity contribution in [3.05, 3.63) is 16.9 Å². The summed E-state index contributed by atoms with van der Waals surface area (Å²) in [6, 6.07) is 0. The molecule has 21 heavy (non-hydrogen) atoms. The number of likely N-dealkylation sites (N-methyl/N-ethyl adjacent to an activating group) is 1. The first kappa shape index (κ1) is 16.5. The van der Waals surface area contributed by atoms with Gasteiger partial charge in [0, 0.05) is 6.54 Å². The molecule has 2 heterocycles. The zero-order valence-electron chi connectivity index (χ0n) is 13.2. The number of carbonyl (C=O) groups excluding carboxylic acids is 1. The zero-order chi connectivity index (χ0) is 15.5. The number of Topliss-reactive ketones (excluding diaryl/α,β-unsaturated/α-hetero) is 1. The molecule has 2 rings (SSSR count). The number of nitrogens with zero attached hydrogens (tertiary/aromatic N) is 3. The van der Waals surface area contributed by atoms with Crippen LogP contribution in [0.4, 0.5) is 0 Å². The van der Waals surface area contributed by atoms with Crippen molar-refractivity contribution in [1.82, 2.24) is 20.0 Å². The highest BCUT2D eigenvalue weighted by Gasteiger charge is 2.42. The molecule has 1 aromatic rings. The molecule has 1 fully saturated rings. The number of rotatable bonds is 7. The van der Waals surface area contributed by atoms with Gasteiger partial charge in [0.25, 0.3) is 0 Å². The lowest BCUT2D eigenvalue weighted by molar-refractivity contribution is 0.0845. The second kappa shape index (κ2) is 6.90. The maximum Gasteiger partial charge on any atom is 0.202 e. The van der Waals surface area contributed by atoms with Crippen molar-refractivity contribution in [2.75, 3.05) is 27.2 Å². The van der Waals surface area contributed by atoms with Crippen LogP contribution in [0.2, 0.25) is 5.02 Å². The fourth-order valence-electron chi connectivity index (χ4n) is 3.03. The van der Waals surface area contributed by atoms with E-state index in [9.17, 15) is 4.79 Å². The number of hydrogen-bond donors (Lipinski definition) is 1. The Kier molecular flexibility index (Phi) is 5.41. The maximum atomic E-state index is 13.1. The SMILES string of the molecule is CCCC1(C(=O)c2c(Cl)cnn2CCN(C)C)CCCN1. The summed E-state index contributed by atoms with van der Waals surface area (Å²) in [6.07, 6.45) is 5.33. The van der Waals surface area contributed by atoms with Gasteiger partial charge in [0.2, 0.25) is 5.78 Å². The Morgan fingerprint density at radius 3 is 2.90 bits per heavy atom. The molecule has 0 amide bonds. The molecule has 118 valence electrons. The molecule has 0 saturated carbocycles. The molecule has 1 aliphatic heterocycles. The summed E-state index contributed by atoms with van der Waals surface area (Å²) in [4.78, 5) is 15.2. The van der Waals surface area contributed by atoms with Crippen molar-refractivity contribution in [3.63, 3.8) is 0 Å². The van der Waals surface area contributed by atoms with Crippen molar-refractivity contribution in [2.45, 2.75) is 44.7 Å². The van der Waals surface area contributed by atoms with Gasteiger partial charge in [-0.05, 0) is 39.9 Å². The summed E-state index contributed by atoms with van der Waals surface area (Å²) in [5, 5.41) is 8.16. The van der Waals surface area contributed by atoms with E-state index in [4.69, 9.17) is 11.6 Å². The van der Waals surface area contributed by atoms with Crippen LogP contribution in [0.1, 0.15) is 43.1 Å². The fraction of sp³-hybridized carbons (Fsp3) is 0.733. The molecule has 1 atom stereocenters. The van der Waals surface area contributed by atoms with E-state index in [2.05, 4.69) is 22.2 Å². The van der Waals surface area contributed by atoms with Crippen LogP contribution in [0.25, 0.3) is 0 Å². The van der Waals surface area contributed by atoms with Gasteiger partial charge in [-0.15, -0.1) is 0 Å². The topological polar surface area (TPSA) is 50.2 Å². The van der Waals surface area contributed by atoms with Gasteiger partial charge >= 0.3 is 0 Å². The van der Waals surface area contributed by atoms with Crippen LogP contribution in [0.15, 0.2) is 6.20 Å². The van der Waals surface area contributed by atoms with Crippen molar-refractivity contribution in [2.24, 2.45) is 0 Å². The van der Waals surface area contributed by atoms with E-state index in [1.807, 2.05) is 14.1 Å². The average molecular weight is 313 g/mol. The largest absolute Gasteiger partial charge is 0.308 e. The molecule has 0 aliphatic carbocycles. The Labute approximate surface area is 131 Å². The van der Waals surface area contributed by atoms with Crippen molar-refractivity contribution < 1.29 is 4.79 Å². The van der Waals surface area contributed by atoms with Gasteiger partial charge in [-0.25, -0.2) is 0 Å². The van der Waals surface area contributed by atoms with Gasteiger partial charge in [-0.2, -0.15) is 5.10 Å². The maximum absolute atomic E-state index is 13.1. The van der Waals surface area contributed by atoms with Crippen LogP contribution in [0, 0.1) is 0 Å². The number of aromatic nitrogens is 2. The minimum Gasteiger partial charge on any atom is -0.308 e. The second-order valence-corrected chi connectivity index (χ2v) is 6.47. The molecule has 6 heteroatoms. The number of nitrogens with one attached hydrogen (secondary N) is 1. The average Bonchev–Trinajstić information content (AvgIpc) is 3.04. The van der Waals surface area contributed by atoms with E-state index >= 15 is 0 Å². The molecular weight excluding hydrogens is 288 g/mol. The Balaban J connectivity index is 2.27. The number of hydrogen-bond acceptors (Lipinski definition) is 4. The lowest BCUT2D eigenvalue weighted by atomic mass is 9.85. The summed E-state index contributed by atoms with van der Waals surface area (Å²) in [7, 11) is 4.01. The van der Waals surface area contributed by atoms with E-state index in [1.54, 1.807) is 10.9 Å². The van der Waals surface area contributed by atoms with E-state index in [0.29, 0.717) is 17.3 Å². The molecule has 0 aromatic carbocycles. The third kappa shape index (κ3) is 3.47. The third-order valence-corrected chi connectivity index (χ3v) is 4.40. The second-order valence-electron chi connectivity index (χ2n) is 6.06. The van der Waals surface area contributed by atoms with Crippen LogP contribution >= 0.6 is 11.6 Å². The Morgan fingerprint density at radius 2 is 2.33 bits per heavy atom. The van der Waals surface area contributed by atoms with Gasteiger partial charge in [-0.1, -0.05) is 24.9 Å². The normalized spacial score (nSPS) is 22.1. The van der Waals surface area contributed by atoms with Crippen molar-refractivity contribution >= 4 is 17.4 Å². The molecule has 1 aromatic heterocycles. The Bertz CT molecular complexity index is 492. The predicted molar refractivity (Wildman–Crippen MR) is 85.0 cm³/mol. The van der Waals surface area contributed by atoms with Gasteiger partial charge < -0.3 is 10.2 Å². The summed E-state index contributed by atoms with van der Waals surface area (Å²) in [6.45, 7) is 4.50. The molecule has 0 radical (unpaired) electrons. The number of halogens is 1. The molecule has 0 bridgehead atoms. The molecule has 1 N–H and O–H groups in total. The molecule has 5 nitrogen and oxygen atoms in total. The monoisotopic (exact) mass is 312 g/mol. The van der Waals surface area contributed by atoms with Gasteiger partial charge in [0.15, 0.2) is 0 Å². The Hall–Kier alpha value is -0.910. The Morgan fingerprint density at radius 1 is 1.57 bits per heavy atom. The number of ketones is 1. The summed E-state index contributed by atoms with van der Waals surface area (Å²) >= 11 is 6.25. The van der Waals surface area contributed by atoms with Crippen molar-refractivity contribution in [3.8, 4) is 0 Å². The minimum atomic E-state index is -0.450. The fourth-order valence-corrected chi connectivity index (χ4v) is 3.26.